The van der Waals surface area contributed by atoms with Gasteiger partial charge in [-0.1, -0.05) is 0 Å². The molecule has 6 heteroatoms. The summed E-state index contributed by atoms with van der Waals surface area (Å²) in [5.74, 6) is -0.403. The van der Waals surface area contributed by atoms with Gasteiger partial charge in [0.15, 0.2) is 0 Å². The molecule has 1 amide bonds. The normalized spacial score (nSPS) is 21.9. The van der Waals surface area contributed by atoms with E-state index in [0.717, 1.165) is 5.69 Å². The van der Waals surface area contributed by atoms with E-state index in [4.69, 9.17) is 4.74 Å². The maximum atomic E-state index is 13.0. The van der Waals surface area contributed by atoms with Gasteiger partial charge in [-0.3, -0.25) is 4.79 Å². The van der Waals surface area contributed by atoms with Crippen LogP contribution in [-0.4, -0.2) is 45.7 Å². The number of benzene rings is 1. The minimum atomic E-state index is -0.295. The summed E-state index contributed by atoms with van der Waals surface area (Å²) in [5, 5.41) is 0. The van der Waals surface area contributed by atoms with Crippen molar-refractivity contribution >= 4 is 5.91 Å². The molecule has 1 aromatic carbocycles. The number of rotatable bonds is 2. The monoisotopic (exact) mass is 303 g/mol. The number of hydrogen-bond donors (Lipinski definition) is 0. The molecule has 2 aromatic rings. The first-order valence-corrected chi connectivity index (χ1v) is 7.27. The van der Waals surface area contributed by atoms with Gasteiger partial charge in [0, 0.05) is 25.0 Å². The number of nitrogens with zero attached hydrogens (tertiary/aromatic N) is 3. The highest BCUT2D eigenvalue weighted by Gasteiger charge is 2.27. The Morgan fingerprint density at radius 2 is 1.86 bits per heavy atom. The highest BCUT2D eigenvalue weighted by atomic mass is 19.1. The summed E-state index contributed by atoms with van der Waals surface area (Å²) in [7, 11) is 0. The van der Waals surface area contributed by atoms with Crippen LogP contribution in [0.4, 0.5) is 4.39 Å². The molecule has 1 aliphatic rings. The molecule has 0 spiro atoms. The summed E-state index contributed by atoms with van der Waals surface area (Å²) in [4.78, 5) is 18.5. The number of amides is 1. The molecule has 1 aromatic heterocycles. The standard InChI is InChI=1S/C16H18FN3O2/c1-11-7-19(8-12(2)22-11)16(21)15-9-20(10-18-15)14-5-3-13(17)4-6-14/h3-6,9-12H,7-8H2,1-2H3/t11-,12-/m1/s1. The zero-order valence-electron chi connectivity index (χ0n) is 12.6. The van der Waals surface area contributed by atoms with Crippen LogP contribution in [0.25, 0.3) is 5.69 Å². The Morgan fingerprint density at radius 3 is 2.50 bits per heavy atom. The summed E-state index contributed by atoms with van der Waals surface area (Å²) >= 11 is 0. The van der Waals surface area contributed by atoms with Crippen molar-refractivity contribution in [2.75, 3.05) is 13.1 Å². The number of aromatic nitrogens is 2. The molecule has 0 bridgehead atoms. The van der Waals surface area contributed by atoms with Crippen LogP contribution in [-0.2, 0) is 4.74 Å². The summed E-state index contributed by atoms with van der Waals surface area (Å²) < 4.78 is 20.3. The van der Waals surface area contributed by atoms with Gasteiger partial charge in [-0.2, -0.15) is 0 Å². The second-order valence-corrected chi connectivity index (χ2v) is 5.61. The molecule has 1 aliphatic heterocycles. The van der Waals surface area contributed by atoms with Crippen molar-refractivity contribution in [3.8, 4) is 5.69 Å². The fourth-order valence-electron chi connectivity index (χ4n) is 2.69. The van der Waals surface area contributed by atoms with Crippen molar-refractivity contribution in [1.82, 2.24) is 14.5 Å². The first-order chi connectivity index (χ1) is 10.5. The summed E-state index contributed by atoms with van der Waals surface area (Å²) in [6.07, 6.45) is 3.27. The molecule has 1 saturated heterocycles. The summed E-state index contributed by atoms with van der Waals surface area (Å²) in [6.45, 7) is 5.03. The van der Waals surface area contributed by atoms with Gasteiger partial charge in [-0.15, -0.1) is 0 Å². The second kappa shape index (κ2) is 5.88. The lowest BCUT2D eigenvalue weighted by molar-refractivity contribution is -0.0587. The van der Waals surface area contributed by atoms with Crippen molar-refractivity contribution in [3.63, 3.8) is 0 Å². The maximum absolute atomic E-state index is 13.0. The van der Waals surface area contributed by atoms with E-state index in [1.807, 2.05) is 13.8 Å². The molecule has 0 N–H and O–H groups in total. The Labute approximate surface area is 128 Å². The van der Waals surface area contributed by atoms with Crippen LogP contribution in [0.15, 0.2) is 36.8 Å². The largest absolute Gasteiger partial charge is 0.372 e. The van der Waals surface area contributed by atoms with Crippen LogP contribution in [0.2, 0.25) is 0 Å². The topological polar surface area (TPSA) is 47.4 Å². The molecule has 0 unspecified atom stereocenters. The average Bonchev–Trinajstić information content (AvgIpc) is 2.96. The molecule has 0 aliphatic carbocycles. The SMILES string of the molecule is C[C@@H]1CN(C(=O)c2cn(-c3ccc(F)cc3)cn2)C[C@@H](C)O1. The Morgan fingerprint density at radius 1 is 1.23 bits per heavy atom. The molecule has 2 atom stereocenters. The van der Waals surface area contributed by atoms with Gasteiger partial charge >= 0.3 is 0 Å². The van der Waals surface area contributed by atoms with Gasteiger partial charge in [0.1, 0.15) is 17.8 Å². The van der Waals surface area contributed by atoms with Gasteiger partial charge in [0.05, 0.1) is 12.2 Å². The van der Waals surface area contributed by atoms with Crippen molar-refractivity contribution in [1.29, 1.82) is 0 Å². The van der Waals surface area contributed by atoms with E-state index in [9.17, 15) is 9.18 Å². The van der Waals surface area contributed by atoms with Crippen LogP contribution in [0.3, 0.4) is 0 Å². The van der Waals surface area contributed by atoms with Crippen molar-refractivity contribution in [2.24, 2.45) is 0 Å². The predicted molar refractivity (Wildman–Crippen MR) is 79.4 cm³/mol. The van der Waals surface area contributed by atoms with Gasteiger partial charge in [-0.05, 0) is 38.1 Å². The Bertz CT molecular complexity index is 658. The average molecular weight is 303 g/mol. The van der Waals surface area contributed by atoms with Crippen LogP contribution in [0, 0.1) is 5.82 Å². The van der Waals surface area contributed by atoms with E-state index >= 15 is 0 Å². The summed E-state index contributed by atoms with van der Waals surface area (Å²) in [5.41, 5.74) is 1.14. The zero-order chi connectivity index (χ0) is 15.7. The second-order valence-electron chi connectivity index (χ2n) is 5.61. The number of ether oxygens (including phenoxy) is 1. The van der Waals surface area contributed by atoms with Crippen molar-refractivity contribution in [3.05, 3.63) is 48.3 Å². The Hall–Kier alpha value is -2.21. The third kappa shape index (κ3) is 3.01. The summed E-state index contributed by atoms with van der Waals surface area (Å²) in [6, 6.07) is 6.04. The molecule has 5 nitrogen and oxygen atoms in total. The molecule has 22 heavy (non-hydrogen) atoms. The minimum absolute atomic E-state index is 0.0203. The molecule has 116 valence electrons. The van der Waals surface area contributed by atoms with E-state index in [1.54, 1.807) is 34.1 Å². The van der Waals surface area contributed by atoms with Crippen molar-refractivity contribution in [2.45, 2.75) is 26.1 Å². The Balaban J connectivity index is 1.78. The lowest BCUT2D eigenvalue weighted by atomic mass is 10.2. The number of carbonyl (C=O) groups excluding carboxylic acids is 1. The van der Waals surface area contributed by atoms with E-state index < -0.39 is 0 Å². The first-order valence-electron chi connectivity index (χ1n) is 7.27. The van der Waals surface area contributed by atoms with Gasteiger partial charge in [0.2, 0.25) is 0 Å². The van der Waals surface area contributed by atoms with Crippen molar-refractivity contribution < 1.29 is 13.9 Å². The number of imidazole rings is 1. The smallest absolute Gasteiger partial charge is 0.274 e. The molecule has 0 radical (unpaired) electrons. The molecule has 2 heterocycles. The fraction of sp³-hybridized carbons (Fsp3) is 0.375. The third-order valence-corrected chi connectivity index (χ3v) is 3.63. The quantitative estimate of drug-likeness (QED) is 0.855. The lowest BCUT2D eigenvalue weighted by Crippen LogP contribution is -2.48. The van der Waals surface area contributed by atoms with Gasteiger partial charge < -0.3 is 14.2 Å². The molecule has 3 rings (SSSR count). The van der Waals surface area contributed by atoms with Crippen LogP contribution >= 0.6 is 0 Å². The van der Waals surface area contributed by atoms with Crippen LogP contribution < -0.4 is 0 Å². The van der Waals surface area contributed by atoms with E-state index in [1.165, 1.54) is 12.1 Å². The number of hydrogen-bond acceptors (Lipinski definition) is 3. The number of halogens is 1. The minimum Gasteiger partial charge on any atom is -0.372 e. The number of carbonyl (C=O) groups is 1. The highest BCUT2D eigenvalue weighted by molar-refractivity contribution is 5.92. The molecule has 0 saturated carbocycles. The number of morpholine rings is 1. The fourth-order valence-corrected chi connectivity index (χ4v) is 2.69. The van der Waals surface area contributed by atoms with Crippen LogP contribution in [0.5, 0.6) is 0 Å². The van der Waals surface area contributed by atoms with Crippen LogP contribution in [0.1, 0.15) is 24.3 Å². The van der Waals surface area contributed by atoms with E-state index in [-0.39, 0.29) is 23.9 Å². The Kier molecular flexibility index (Phi) is 3.94. The molecule has 1 fully saturated rings. The lowest BCUT2D eigenvalue weighted by Gasteiger charge is -2.34. The van der Waals surface area contributed by atoms with Gasteiger partial charge in [-0.25, -0.2) is 9.37 Å². The maximum Gasteiger partial charge on any atom is 0.274 e. The predicted octanol–water partition coefficient (Wildman–Crippen LogP) is 2.26. The molecular formula is C16H18FN3O2. The van der Waals surface area contributed by atoms with E-state index in [0.29, 0.717) is 18.8 Å². The van der Waals surface area contributed by atoms with E-state index in [2.05, 4.69) is 4.98 Å². The van der Waals surface area contributed by atoms with Gasteiger partial charge in [0.25, 0.3) is 5.91 Å². The third-order valence-electron chi connectivity index (χ3n) is 3.63. The highest BCUT2D eigenvalue weighted by Crippen LogP contribution is 2.15. The first kappa shape index (κ1) is 14.7. The molecular weight excluding hydrogens is 285 g/mol. The zero-order valence-corrected chi connectivity index (χ0v) is 12.6.